The van der Waals surface area contributed by atoms with Crippen LogP contribution in [0.3, 0.4) is 0 Å². The maximum Gasteiger partial charge on any atom is 0.248 e. The molecule has 3 N–H and O–H groups in total. The third kappa shape index (κ3) is 4.57. The number of carbonyl (C=O) groups is 1. The maximum absolute atomic E-state index is 11.8. The molecule has 0 saturated carbocycles. The monoisotopic (exact) mass is 320 g/mol. The topological polar surface area (TPSA) is 66.0 Å². The van der Waals surface area contributed by atoms with E-state index in [-0.39, 0.29) is 11.7 Å². The van der Waals surface area contributed by atoms with Crippen molar-refractivity contribution in [1.82, 2.24) is 21.2 Å². The molecule has 1 aromatic carbocycles. The van der Waals surface area contributed by atoms with Gasteiger partial charge in [0.2, 0.25) is 5.91 Å². The number of thioether (sulfide) groups is 1. The van der Waals surface area contributed by atoms with Crippen LogP contribution in [0.4, 0.5) is 0 Å². The van der Waals surface area contributed by atoms with E-state index in [2.05, 4.69) is 21.2 Å². The summed E-state index contributed by atoms with van der Waals surface area (Å²) in [5.74, 6) is 0.144. The molecule has 110 valence electrons. The second-order valence-electron chi connectivity index (χ2n) is 4.15. The van der Waals surface area contributed by atoms with E-state index < -0.39 is 0 Å². The van der Waals surface area contributed by atoms with Gasteiger partial charge in [-0.25, -0.2) is 0 Å². The zero-order chi connectivity index (χ0) is 15.1. The van der Waals surface area contributed by atoms with Crippen LogP contribution in [0, 0.1) is 0 Å². The van der Waals surface area contributed by atoms with Gasteiger partial charge < -0.3 is 5.32 Å². The highest BCUT2D eigenvalue weighted by molar-refractivity contribution is 8.00. The highest BCUT2D eigenvalue weighted by atomic mass is 32.2. The zero-order valence-corrected chi connectivity index (χ0v) is 13.2. The first kappa shape index (κ1) is 15.5. The lowest BCUT2D eigenvalue weighted by Gasteiger charge is -2.10. The van der Waals surface area contributed by atoms with Crippen LogP contribution in [-0.2, 0) is 4.79 Å². The summed E-state index contributed by atoms with van der Waals surface area (Å²) in [4.78, 5) is 17.1. The van der Waals surface area contributed by atoms with Crippen molar-refractivity contribution < 1.29 is 4.79 Å². The number of carbonyl (C=O) groups excluding carboxylic acids is 1. The minimum absolute atomic E-state index is 0.145. The molecule has 1 aromatic heterocycles. The van der Waals surface area contributed by atoms with E-state index in [0.717, 1.165) is 15.8 Å². The van der Waals surface area contributed by atoms with Gasteiger partial charge in [0.1, 0.15) is 0 Å². The number of benzene rings is 1. The quantitative estimate of drug-likeness (QED) is 0.454. The van der Waals surface area contributed by atoms with E-state index in [1.54, 1.807) is 6.20 Å². The average molecular weight is 320 g/mol. The van der Waals surface area contributed by atoms with E-state index >= 15 is 0 Å². The fourth-order valence-corrected chi connectivity index (χ4v) is 2.74. The van der Waals surface area contributed by atoms with Gasteiger partial charge in [-0.1, -0.05) is 18.2 Å². The Balaban J connectivity index is 1.90. The van der Waals surface area contributed by atoms with Crippen LogP contribution in [0.2, 0.25) is 0 Å². The lowest BCUT2D eigenvalue weighted by Crippen LogP contribution is -2.47. The van der Waals surface area contributed by atoms with E-state index in [0.29, 0.717) is 11.7 Å². The first-order chi connectivity index (χ1) is 10.2. The fraction of sp³-hybridized carbons (Fsp3) is 0.214. The van der Waals surface area contributed by atoms with E-state index in [1.165, 1.54) is 11.8 Å². The average Bonchev–Trinajstić information content (AvgIpc) is 2.51. The number of rotatable bonds is 4. The predicted octanol–water partition coefficient (Wildman–Crippen LogP) is 1.84. The number of para-hydroxylation sites is 1. The lowest BCUT2D eigenvalue weighted by molar-refractivity contribution is -0.119. The number of thiocarbonyl (C=S) groups is 1. The molecule has 1 heterocycles. The SMILES string of the molecule is CCNC(=S)NNC(=O)CSc1cccc2cccnc12. The van der Waals surface area contributed by atoms with Gasteiger partial charge >= 0.3 is 0 Å². The van der Waals surface area contributed by atoms with Crippen molar-refractivity contribution in [3.05, 3.63) is 36.5 Å². The Kier molecular flexibility index (Phi) is 5.77. The summed E-state index contributed by atoms with van der Waals surface area (Å²) in [6, 6.07) is 9.83. The summed E-state index contributed by atoms with van der Waals surface area (Å²) in [7, 11) is 0. The van der Waals surface area contributed by atoms with Crippen molar-refractivity contribution >= 4 is 45.9 Å². The predicted molar refractivity (Wildman–Crippen MR) is 90.0 cm³/mol. The number of pyridine rings is 1. The first-order valence-electron chi connectivity index (χ1n) is 6.50. The van der Waals surface area contributed by atoms with Crippen LogP contribution in [-0.4, -0.2) is 28.3 Å². The number of nitrogens with zero attached hydrogens (tertiary/aromatic N) is 1. The number of nitrogens with one attached hydrogen (secondary N) is 3. The number of hydrogen-bond donors (Lipinski definition) is 3. The zero-order valence-electron chi connectivity index (χ0n) is 11.6. The molecule has 0 aliphatic carbocycles. The van der Waals surface area contributed by atoms with Crippen LogP contribution in [0.15, 0.2) is 41.4 Å². The Morgan fingerprint density at radius 1 is 1.29 bits per heavy atom. The molecule has 0 radical (unpaired) electrons. The molecule has 21 heavy (non-hydrogen) atoms. The third-order valence-electron chi connectivity index (χ3n) is 2.61. The van der Waals surface area contributed by atoms with Crippen LogP contribution in [0.25, 0.3) is 10.9 Å². The summed E-state index contributed by atoms with van der Waals surface area (Å²) < 4.78 is 0. The Morgan fingerprint density at radius 3 is 2.90 bits per heavy atom. The van der Waals surface area contributed by atoms with Gasteiger partial charge in [-0.3, -0.25) is 20.6 Å². The van der Waals surface area contributed by atoms with Gasteiger partial charge in [0.15, 0.2) is 5.11 Å². The largest absolute Gasteiger partial charge is 0.362 e. The summed E-state index contributed by atoms with van der Waals surface area (Å²) in [6.45, 7) is 2.64. The fourth-order valence-electron chi connectivity index (χ4n) is 1.70. The second-order valence-corrected chi connectivity index (χ2v) is 5.58. The van der Waals surface area contributed by atoms with Crippen LogP contribution >= 0.6 is 24.0 Å². The molecule has 0 spiro atoms. The minimum atomic E-state index is -0.145. The molecule has 7 heteroatoms. The molecule has 0 aliphatic heterocycles. The molecule has 1 amide bonds. The van der Waals surface area contributed by atoms with Crippen LogP contribution < -0.4 is 16.2 Å². The van der Waals surface area contributed by atoms with Crippen LogP contribution in [0.5, 0.6) is 0 Å². The summed E-state index contributed by atoms with van der Waals surface area (Å²) in [6.07, 6.45) is 1.75. The van der Waals surface area contributed by atoms with E-state index in [4.69, 9.17) is 12.2 Å². The van der Waals surface area contributed by atoms with Crippen LogP contribution in [0.1, 0.15) is 6.92 Å². The Bertz CT molecular complexity index is 642. The number of fused-ring (bicyclic) bond motifs is 1. The molecule has 0 atom stereocenters. The molecule has 0 saturated heterocycles. The number of hydrogen-bond acceptors (Lipinski definition) is 4. The molecule has 2 rings (SSSR count). The second kappa shape index (κ2) is 7.80. The number of hydrazine groups is 1. The van der Waals surface area contributed by atoms with Crippen molar-refractivity contribution in [3.8, 4) is 0 Å². The third-order valence-corrected chi connectivity index (χ3v) is 3.90. The Hall–Kier alpha value is -1.86. The molecule has 0 bridgehead atoms. The van der Waals surface area contributed by atoms with E-state index in [1.807, 2.05) is 37.3 Å². The molecule has 0 unspecified atom stereocenters. The molecule has 0 fully saturated rings. The highest BCUT2D eigenvalue weighted by Crippen LogP contribution is 2.25. The molecule has 2 aromatic rings. The molecule has 5 nitrogen and oxygen atoms in total. The summed E-state index contributed by atoms with van der Waals surface area (Å²) in [5.41, 5.74) is 6.11. The van der Waals surface area contributed by atoms with Gasteiger partial charge in [0, 0.05) is 23.0 Å². The molecular weight excluding hydrogens is 304 g/mol. The Morgan fingerprint density at radius 2 is 2.10 bits per heavy atom. The van der Waals surface area contributed by atoms with Crippen molar-refractivity contribution in [1.29, 1.82) is 0 Å². The Labute approximate surface area is 132 Å². The number of amides is 1. The number of aromatic nitrogens is 1. The van der Waals surface area contributed by atoms with Gasteiger partial charge in [-0.15, -0.1) is 11.8 Å². The summed E-state index contributed by atoms with van der Waals surface area (Å²) in [5, 5.41) is 4.36. The summed E-state index contributed by atoms with van der Waals surface area (Å²) >= 11 is 6.40. The first-order valence-corrected chi connectivity index (χ1v) is 7.89. The minimum Gasteiger partial charge on any atom is -0.362 e. The molecule has 0 aliphatic rings. The van der Waals surface area contributed by atoms with Crippen molar-refractivity contribution in [2.24, 2.45) is 0 Å². The smallest absolute Gasteiger partial charge is 0.248 e. The highest BCUT2D eigenvalue weighted by Gasteiger charge is 2.06. The standard InChI is InChI=1S/C14H16N4OS2/c1-2-15-14(20)18-17-12(19)9-21-11-7-3-5-10-6-4-8-16-13(10)11/h3-8H,2,9H2,1H3,(H,17,19)(H2,15,18,20). The maximum atomic E-state index is 11.8. The lowest BCUT2D eigenvalue weighted by atomic mass is 10.2. The van der Waals surface area contributed by atoms with Gasteiger partial charge in [0.05, 0.1) is 11.3 Å². The van der Waals surface area contributed by atoms with Gasteiger partial charge in [-0.2, -0.15) is 0 Å². The van der Waals surface area contributed by atoms with Crippen molar-refractivity contribution in [2.75, 3.05) is 12.3 Å². The van der Waals surface area contributed by atoms with Gasteiger partial charge in [0.25, 0.3) is 0 Å². The normalized spacial score (nSPS) is 10.1. The molecular formula is C14H16N4OS2. The van der Waals surface area contributed by atoms with Crippen molar-refractivity contribution in [3.63, 3.8) is 0 Å². The van der Waals surface area contributed by atoms with E-state index in [9.17, 15) is 4.79 Å². The van der Waals surface area contributed by atoms with Gasteiger partial charge in [-0.05, 0) is 31.3 Å². The van der Waals surface area contributed by atoms with Crippen molar-refractivity contribution in [2.45, 2.75) is 11.8 Å².